The van der Waals surface area contributed by atoms with E-state index in [9.17, 15) is 4.79 Å². The molecule has 2 aromatic rings. The smallest absolute Gasteiger partial charge is 0.331 e. The number of carboxylic acid groups (broad SMARTS) is 1. The van der Waals surface area contributed by atoms with Gasteiger partial charge in [-0.25, -0.2) is 4.79 Å². The van der Waals surface area contributed by atoms with Crippen molar-refractivity contribution < 1.29 is 14.4 Å². The summed E-state index contributed by atoms with van der Waals surface area (Å²) in [5.74, 6) is -0.410. The van der Waals surface area contributed by atoms with E-state index in [0.717, 1.165) is 5.56 Å². The zero-order valence-corrected chi connectivity index (χ0v) is 12.1. The molecule has 0 bridgehead atoms. The molecule has 1 aromatic carbocycles. The van der Waals surface area contributed by atoms with Gasteiger partial charge in [-0.15, -0.1) is 0 Å². The average molecular weight is 305 g/mol. The van der Waals surface area contributed by atoms with Crippen molar-refractivity contribution in [1.82, 2.24) is 5.16 Å². The van der Waals surface area contributed by atoms with Gasteiger partial charge in [0.05, 0.1) is 5.71 Å². The number of nitrogens with zero attached hydrogens (tertiary/aromatic N) is 2. The van der Waals surface area contributed by atoms with Crippen LogP contribution in [0.2, 0.25) is 5.02 Å². The minimum absolute atomic E-state index is 0.479. The van der Waals surface area contributed by atoms with Gasteiger partial charge in [-0.1, -0.05) is 28.9 Å². The number of halogens is 1. The van der Waals surface area contributed by atoms with E-state index < -0.39 is 11.5 Å². The summed E-state index contributed by atoms with van der Waals surface area (Å²) in [6.45, 7) is 1.73. The number of hydrogen-bond acceptors (Lipinski definition) is 4. The van der Waals surface area contributed by atoms with Crippen molar-refractivity contribution in [3.8, 4) is 11.3 Å². The Bertz CT molecular complexity index is 715. The van der Waals surface area contributed by atoms with Crippen LogP contribution in [-0.4, -0.2) is 27.5 Å². The molecule has 5 nitrogen and oxygen atoms in total. The number of rotatable bonds is 4. The number of hydrogen-bond donors (Lipinski definition) is 1. The molecular formula is C15H13ClN2O3. The summed E-state index contributed by atoms with van der Waals surface area (Å²) in [6.07, 6.45) is 1.13. The second-order valence-electron chi connectivity index (χ2n) is 5.12. The van der Waals surface area contributed by atoms with Crippen molar-refractivity contribution in [3.05, 3.63) is 41.1 Å². The van der Waals surface area contributed by atoms with Gasteiger partial charge in [-0.05, 0) is 31.9 Å². The van der Waals surface area contributed by atoms with E-state index in [1.165, 1.54) is 0 Å². The number of benzene rings is 1. The van der Waals surface area contributed by atoms with Crippen LogP contribution in [0.5, 0.6) is 0 Å². The van der Waals surface area contributed by atoms with Crippen molar-refractivity contribution in [2.75, 3.05) is 0 Å². The highest BCUT2D eigenvalue weighted by atomic mass is 35.5. The van der Waals surface area contributed by atoms with Crippen LogP contribution < -0.4 is 0 Å². The van der Waals surface area contributed by atoms with Crippen molar-refractivity contribution in [1.29, 1.82) is 0 Å². The van der Waals surface area contributed by atoms with Crippen molar-refractivity contribution in [2.24, 2.45) is 4.99 Å². The lowest BCUT2D eigenvalue weighted by atomic mass is 10.1. The van der Waals surface area contributed by atoms with E-state index in [0.29, 0.717) is 35.0 Å². The van der Waals surface area contributed by atoms with Crippen LogP contribution in [0, 0.1) is 0 Å². The fourth-order valence-corrected chi connectivity index (χ4v) is 2.20. The topological polar surface area (TPSA) is 75.7 Å². The molecule has 108 valence electrons. The average Bonchev–Trinajstić information content (AvgIpc) is 3.07. The summed E-state index contributed by atoms with van der Waals surface area (Å²) >= 11 is 5.85. The van der Waals surface area contributed by atoms with Crippen LogP contribution in [-0.2, 0) is 4.79 Å². The quantitative estimate of drug-likeness (QED) is 0.878. The summed E-state index contributed by atoms with van der Waals surface area (Å²) in [6, 6.07) is 8.98. The van der Waals surface area contributed by atoms with E-state index in [-0.39, 0.29) is 0 Å². The van der Waals surface area contributed by atoms with Crippen LogP contribution in [0.1, 0.15) is 25.5 Å². The van der Waals surface area contributed by atoms with Gasteiger partial charge in [-0.3, -0.25) is 4.99 Å². The Kier molecular flexibility index (Phi) is 3.29. The second kappa shape index (κ2) is 5.00. The molecule has 1 N–H and O–H groups in total. The van der Waals surface area contributed by atoms with Gasteiger partial charge in [0, 0.05) is 16.7 Å². The monoisotopic (exact) mass is 304 g/mol. The molecule has 21 heavy (non-hydrogen) atoms. The molecule has 1 fully saturated rings. The summed E-state index contributed by atoms with van der Waals surface area (Å²) in [7, 11) is 0. The SMILES string of the molecule is CC(=NC1(C(=O)O)CC1)c1cc(-c2ccc(Cl)cc2)no1. The van der Waals surface area contributed by atoms with Crippen LogP contribution in [0.4, 0.5) is 0 Å². The highest BCUT2D eigenvalue weighted by Crippen LogP contribution is 2.40. The maximum absolute atomic E-state index is 11.1. The number of carboxylic acids is 1. The van der Waals surface area contributed by atoms with Crippen molar-refractivity contribution in [2.45, 2.75) is 25.3 Å². The van der Waals surface area contributed by atoms with Gasteiger partial charge in [0.1, 0.15) is 5.69 Å². The molecule has 6 heteroatoms. The molecule has 3 rings (SSSR count). The lowest BCUT2D eigenvalue weighted by Gasteiger charge is -2.03. The third-order valence-corrected chi connectivity index (χ3v) is 3.76. The molecule has 0 unspecified atom stereocenters. The predicted molar refractivity (Wildman–Crippen MR) is 78.8 cm³/mol. The molecule has 1 aromatic heterocycles. The number of aromatic nitrogens is 1. The fraction of sp³-hybridized carbons (Fsp3) is 0.267. The lowest BCUT2D eigenvalue weighted by Crippen LogP contribution is -2.20. The summed E-state index contributed by atoms with van der Waals surface area (Å²) < 4.78 is 5.26. The van der Waals surface area contributed by atoms with E-state index in [4.69, 9.17) is 21.2 Å². The largest absolute Gasteiger partial charge is 0.479 e. The maximum atomic E-state index is 11.1. The van der Waals surface area contributed by atoms with Gasteiger partial charge in [-0.2, -0.15) is 0 Å². The van der Waals surface area contributed by atoms with E-state index in [1.807, 2.05) is 12.1 Å². The number of aliphatic carboxylic acids is 1. The highest BCUT2D eigenvalue weighted by molar-refractivity contribution is 6.30. The van der Waals surface area contributed by atoms with Gasteiger partial charge in [0.25, 0.3) is 0 Å². The molecular weight excluding hydrogens is 292 g/mol. The minimum Gasteiger partial charge on any atom is -0.479 e. The zero-order valence-electron chi connectivity index (χ0n) is 11.3. The van der Waals surface area contributed by atoms with Gasteiger partial charge in [0.2, 0.25) is 0 Å². The molecule has 1 heterocycles. The molecule has 0 amide bonds. The summed E-state index contributed by atoms with van der Waals surface area (Å²) in [4.78, 5) is 15.4. The van der Waals surface area contributed by atoms with Gasteiger partial charge in [0.15, 0.2) is 11.3 Å². The summed E-state index contributed by atoms with van der Waals surface area (Å²) in [5.41, 5.74) is 1.12. The molecule has 0 saturated heterocycles. The molecule has 1 aliphatic rings. The van der Waals surface area contributed by atoms with Crippen molar-refractivity contribution in [3.63, 3.8) is 0 Å². The normalized spacial score (nSPS) is 16.8. The second-order valence-corrected chi connectivity index (χ2v) is 5.55. The minimum atomic E-state index is -0.961. The molecule has 1 aliphatic carbocycles. The van der Waals surface area contributed by atoms with Gasteiger partial charge >= 0.3 is 5.97 Å². The van der Waals surface area contributed by atoms with E-state index in [1.54, 1.807) is 25.1 Å². The van der Waals surface area contributed by atoms with Crippen LogP contribution in [0.15, 0.2) is 39.8 Å². The standard InChI is InChI=1S/C15H13ClN2O3/c1-9(17-15(6-7-15)14(19)20)13-8-12(18-21-13)10-2-4-11(16)5-3-10/h2-5,8H,6-7H2,1H3,(H,19,20). The zero-order chi connectivity index (χ0) is 15.0. The first-order valence-corrected chi connectivity index (χ1v) is 6.91. The fourth-order valence-electron chi connectivity index (χ4n) is 2.07. The molecule has 0 spiro atoms. The first-order chi connectivity index (χ1) is 10.00. The Hall–Kier alpha value is -2.14. The van der Waals surface area contributed by atoms with Crippen LogP contribution in [0.25, 0.3) is 11.3 Å². The van der Waals surface area contributed by atoms with Gasteiger partial charge < -0.3 is 9.63 Å². The Morgan fingerprint density at radius 2 is 2.05 bits per heavy atom. The first-order valence-electron chi connectivity index (χ1n) is 6.53. The summed E-state index contributed by atoms with van der Waals surface area (Å²) in [5, 5.41) is 13.8. The third-order valence-electron chi connectivity index (χ3n) is 3.51. The first kappa shape index (κ1) is 13.8. The van der Waals surface area contributed by atoms with Crippen molar-refractivity contribution >= 4 is 23.3 Å². The molecule has 0 atom stereocenters. The number of carbonyl (C=O) groups is 1. The van der Waals surface area contributed by atoms with Crippen LogP contribution >= 0.6 is 11.6 Å². The Balaban J connectivity index is 1.86. The number of aliphatic imine (C=N–C) groups is 1. The van der Waals surface area contributed by atoms with Crippen LogP contribution in [0.3, 0.4) is 0 Å². The molecule has 0 radical (unpaired) electrons. The highest BCUT2D eigenvalue weighted by Gasteiger charge is 2.50. The lowest BCUT2D eigenvalue weighted by molar-refractivity contribution is -0.139. The Morgan fingerprint density at radius 1 is 1.38 bits per heavy atom. The third kappa shape index (κ3) is 2.69. The molecule has 0 aliphatic heterocycles. The van der Waals surface area contributed by atoms with E-state index >= 15 is 0 Å². The maximum Gasteiger partial charge on any atom is 0.331 e. The molecule has 1 saturated carbocycles. The Morgan fingerprint density at radius 3 is 2.62 bits per heavy atom. The Labute approximate surface area is 126 Å². The van der Waals surface area contributed by atoms with E-state index in [2.05, 4.69) is 10.1 Å². The predicted octanol–water partition coefficient (Wildman–Crippen LogP) is 3.42.